The number of para-hydroxylation sites is 2. The molecule has 0 saturated heterocycles. The first-order chi connectivity index (χ1) is 15.7. The van der Waals surface area contributed by atoms with Crippen LogP contribution in [0.4, 0.5) is 0 Å². The van der Waals surface area contributed by atoms with Crippen LogP contribution in [-0.4, -0.2) is 31.3 Å². The minimum Gasteiger partial charge on any atom is -0.493 e. The number of furan rings is 1. The van der Waals surface area contributed by atoms with Gasteiger partial charge in [0.1, 0.15) is 17.3 Å². The van der Waals surface area contributed by atoms with Crippen LogP contribution in [0.25, 0.3) is 45.1 Å². The molecule has 0 aliphatic carbocycles. The molecule has 6 nitrogen and oxygen atoms in total. The molecule has 0 fully saturated rings. The van der Waals surface area contributed by atoms with Gasteiger partial charge in [0.25, 0.3) is 0 Å². The van der Waals surface area contributed by atoms with Crippen molar-refractivity contribution in [3.05, 3.63) is 72.8 Å². The van der Waals surface area contributed by atoms with Gasteiger partial charge in [-0.3, -0.25) is 0 Å². The summed E-state index contributed by atoms with van der Waals surface area (Å²) in [5.74, 6) is 3.75. The Morgan fingerprint density at radius 2 is 1.44 bits per heavy atom. The summed E-state index contributed by atoms with van der Waals surface area (Å²) in [6, 6.07) is 23.7. The highest BCUT2D eigenvalue weighted by atomic mass is 16.5. The number of methoxy groups -OCH3 is 3. The van der Waals surface area contributed by atoms with Gasteiger partial charge in [-0.1, -0.05) is 42.5 Å². The van der Waals surface area contributed by atoms with E-state index in [1.54, 1.807) is 21.3 Å². The Bertz CT molecular complexity index is 1330. The lowest BCUT2D eigenvalue weighted by Gasteiger charge is -2.13. The molecular formula is C26H22N2O4. The molecule has 0 unspecified atom stereocenters. The monoisotopic (exact) mass is 426 g/mol. The van der Waals surface area contributed by atoms with Crippen LogP contribution in [0.15, 0.2) is 77.2 Å². The van der Waals surface area contributed by atoms with E-state index in [4.69, 9.17) is 23.6 Å². The average molecular weight is 426 g/mol. The first-order valence-corrected chi connectivity index (χ1v) is 10.2. The van der Waals surface area contributed by atoms with Crippen molar-refractivity contribution in [1.82, 2.24) is 9.97 Å². The van der Waals surface area contributed by atoms with Crippen LogP contribution < -0.4 is 14.2 Å². The van der Waals surface area contributed by atoms with E-state index in [2.05, 4.69) is 4.98 Å². The third kappa shape index (κ3) is 3.36. The van der Waals surface area contributed by atoms with Crippen LogP contribution in [-0.2, 0) is 0 Å². The zero-order valence-corrected chi connectivity index (χ0v) is 18.0. The Morgan fingerprint density at radius 1 is 0.750 bits per heavy atom. The number of aromatic nitrogens is 2. The molecule has 0 aliphatic heterocycles. The first-order valence-electron chi connectivity index (χ1n) is 10.2. The minimum absolute atomic E-state index is 0.527. The number of nitrogens with one attached hydrogen (secondary N) is 1. The lowest BCUT2D eigenvalue weighted by atomic mass is 10.1. The topological polar surface area (TPSA) is 69.5 Å². The van der Waals surface area contributed by atoms with Crippen LogP contribution in [0.5, 0.6) is 17.2 Å². The fourth-order valence-electron chi connectivity index (χ4n) is 3.82. The van der Waals surface area contributed by atoms with Crippen LogP contribution in [0.3, 0.4) is 0 Å². The molecule has 0 saturated carbocycles. The number of imidazole rings is 1. The Morgan fingerprint density at radius 3 is 2.09 bits per heavy atom. The molecule has 1 N–H and O–H groups in total. The maximum Gasteiger partial charge on any atom is 0.203 e. The highest BCUT2D eigenvalue weighted by molar-refractivity contribution is 5.87. The summed E-state index contributed by atoms with van der Waals surface area (Å²) < 4.78 is 23.0. The van der Waals surface area contributed by atoms with E-state index in [9.17, 15) is 0 Å². The second kappa shape index (κ2) is 8.15. The standard InChI is InChI=1S/C26H22N2O4/c1-29-22-13-17(14-23(30-2)25(22)31-3)24-18(15-21(32-24)16-9-5-4-6-10-16)26-27-19-11-7-8-12-20(19)28-26/h4-15H,1-3H3,(H,27,28). The van der Waals surface area contributed by atoms with Crippen molar-refractivity contribution in [2.75, 3.05) is 21.3 Å². The van der Waals surface area contributed by atoms with Crippen molar-refractivity contribution < 1.29 is 18.6 Å². The number of ether oxygens (including phenoxy) is 3. The minimum atomic E-state index is 0.527. The van der Waals surface area contributed by atoms with Gasteiger partial charge in [-0.2, -0.15) is 0 Å². The van der Waals surface area contributed by atoms with Crippen LogP contribution >= 0.6 is 0 Å². The van der Waals surface area contributed by atoms with Crippen molar-refractivity contribution >= 4 is 11.0 Å². The molecule has 5 rings (SSSR count). The zero-order valence-electron chi connectivity index (χ0n) is 18.0. The largest absolute Gasteiger partial charge is 0.493 e. The van der Waals surface area contributed by atoms with Crippen molar-refractivity contribution in [2.45, 2.75) is 0 Å². The summed E-state index contributed by atoms with van der Waals surface area (Å²) in [5.41, 5.74) is 4.46. The Balaban J connectivity index is 1.75. The molecule has 160 valence electrons. The summed E-state index contributed by atoms with van der Waals surface area (Å²) in [6.07, 6.45) is 0. The molecule has 6 heteroatoms. The van der Waals surface area contributed by atoms with Gasteiger partial charge in [0.15, 0.2) is 11.5 Å². The molecule has 0 radical (unpaired) electrons. The highest BCUT2D eigenvalue weighted by Crippen LogP contribution is 2.45. The summed E-state index contributed by atoms with van der Waals surface area (Å²) in [7, 11) is 4.78. The number of aromatic amines is 1. The van der Waals surface area contributed by atoms with Crippen molar-refractivity contribution in [3.63, 3.8) is 0 Å². The van der Waals surface area contributed by atoms with E-state index >= 15 is 0 Å². The molecule has 0 atom stereocenters. The Labute approximate surface area is 185 Å². The van der Waals surface area contributed by atoms with Gasteiger partial charge < -0.3 is 23.6 Å². The van der Waals surface area contributed by atoms with Gasteiger partial charge in [-0.05, 0) is 30.3 Å². The number of H-pyrrole nitrogens is 1. The summed E-state index contributed by atoms with van der Waals surface area (Å²) in [5, 5.41) is 0. The van der Waals surface area contributed by atoms with E-state index in [0.29, 0.717) is 23.0 Å². The summed E-state index contributed by atoms with van der Waals surface area (Å²) in [4.78, 5) is 8.20. The number of nitrogens with zero attached hydrogens (tertiary/aromatic N) is 1. The maximum absolute atomic E-state index is 6.40. The molecule has 2 aromatic heterocycles. The van der Waals surface area contributed by atoms with Crippen LogP contribution in [0.2, 0.25) is 0 Å². The van der Waals surface area contributed by atoms with Gasteiger partial charge in [0.2, 0.25) is 5.75 Å². The molecule has 0 aliphatic rings. The molecule has 0 bridgehead atoms. The number of hydrogen-bond acceptors (Lipinski definition) is 5. The quantitative estimate of drug-likeness (QED) is 0.351. The van der Waals surface area contributed by atoms with Crippen molar-refractivity contribution in [1.29, 1.82) is 0 Å². The van der Waals surface area contributed by atoms with E-state index in [1.807, 2.05) is 72.8 Å². The van der Waals surface area contributed by atoms with Crippen LogP contribution in [0.1, 0.15) is 0 Å². The fraction of sp³-hybridized carbons (Fsp3) is 0.115. The predicted molar refractivity (Wildman–Crippen MR) is 124 cm³/mol. The zero-order chi connectivity index (χ0) is 22.1. The Hall–Kier alpha value is -4.19. The molecule has 2 heterocycles. The average Bonchev–Trinajstić information content (AvgIpc) is 3.48. The van der Waals surface area contributed by atoms with Crippen molar-refractivity contribution in [2.24, 2.45) is 0 Å². The Kier molecular flexibility index (Phi) is 5.03. The SMILES string of the molecule is COc1cc(-c2oc(-c3ccccc3)cc2-c2nc3ccccc3[nH]2)cc(OC)c1OC. The molecular weight excluding hydrogens is 404 g/mol. The molecule has 0 spiro atoms. The molecule has 5 aromatic rings. The van der Waals surface area contributed by atoms with Crippen molar-refractivity contribution in [3.8, 4) is 51.3 Å². The van der Waals surface area contributed by atoms with Gasteiger partial charge in [-0.25, -0.2) is 4.98 Å². The highest BCUT2D eigenvalue weighted by Gasteiger charge is 2.22. The smallest absolute Gasteiger partial charge is 0.203 e. The second-order valence-electron chi connectivity index (χ2n) is 7.24. The third-order valence-electron chi connectivity index (χ3n) is 5.36. The number of benzene rings is 3. The van der Waals surface area contributed by atoms with Gasteiger partial charge >= 0.3 is 0 Å². The lowest BCUT2D eigenvalue weighted by Crippen LogP contribution is -1.95. The predicted octanol–water partition coefficient (Wildman–Crippen LogP) is 6.18. The maximum atomic E-state index is 6.40. The number of hydrogen-bond donors (Lipinski definition) is 1. The fourth-order valence-corrected chi connectivity index (χ4v) is 3.82. The third-order valence-corrected chi connectivity index (χ3v) is 5.36. The van der Waals surface area contributed by atoms with E-state index in [1.165, 1.54) is 0 Å². The summed E-state index contributed by atoms with van der Waals surface area (Å²) >= 11 is 0. The molecule has 32 heavy (non-hydrogen) atoms. The van der Waals surface area contributed by atoms with Gasteiger partial charge in [-0.15, -0.1) is 0 Å². The number of fused-ring (bicyclic) bond motifs is 1. The molecule has 0 amide bonds. The van der Waals surface area contributed by atoms with Gasteiger partial charge in [0.05, 0.1) is 37.9 Å². The molecule has 3 aromatic carbocycles. The van der Waals surface area contributed by atoms with E-state index < -0.39 is 0 Å². The van der Waals surface area contributed by atoms with E-state index in [0.717, 1.165) is 39.3 Å². The van der Waals surface area contributed by atoms with E-state index in [-0.39, 0.29) is 0 Å². The normalized spacial score (nSPS) is 11.0. The number of rotatable bonds is 6. The summed E-state index contributed by atoms with van der Waals surface area (Å²) in [6.45, 7) is 0. The lowest BCUT2D eigenvalue weighted by molar-refractivity contribution is 0.324. The van der Waals surface area contributed by atoms with Crippen LogP contribution in [0, 0.1) is 0 Å². The first kappa shape index (κ1) is 19.8. The van der Waals surface area contributed by atoms with Gasteiger partial charge in [0, 0.05) is 11.1 Å². The second-order valence-corrected chi connectivity index (χ2v) is 7.24.